The molecule has 5 rings (SSSR count). The van der Waals surface area contributed by atoms with E-state index in [1.807, 2.05) is 33.9 Å². The second-order valence-electron chi connectivity index (χ2n) is 10.6. The van der Waals surface area contributed by atoms with Crippen molar-refractivity contribution in [2.75, 3.05) is 59.1 Å². The molecule has 2 aromatic rings. The first kappa shape index (κ1) is 25.3. The third kappa shape index (κ3) is 4.84. The molecule has 2 amide bonds. The first-order valence-electron chi connectivity index (χ1n) is 12.6. The van der Waals surface area contributed by atoms with Crippen LogP contribution in [0.5, 0.6) is 0 Å². The second kappa shape index (κ2) is 9.20. The van der Waals surface area contributed by atoms with Gasteiger partial charge in [0.25, 0.3) is 5.91 Å². The van der Waals surface area contributed by atoms with E-state index in [1.54, 1.807) is 23.1 Å². The van der Waals surface area contributed by atoms with Gasteiger partial charge in [-0.1, -0.05) is 6.07 Å². The van der Waals surface area contributed by atoms with Crippen LogP contribution < -0.4 is 14.1 Å². The average molecular weight is 528 g/mol. The van der Waals surface area contributed by atoms with Crippen LogP contribution in [-0.4, -0.2) is 80.9 Å². The van der Waals surface area contributed by atoms with Crippen LogP contribution in [0, 0.1) is 13.8 Å². The number of anilines is 3. The van der Waals surface area contributed by atoms with E-state index in [0.29, 0.717) is 62.6 Å². The number of piperazine rings is 1. The Labute approximate surface area is 217 Å². The Kier molecular flexibility index (Phi) is 6.29. The fourth-order valence-electron chi connectivity index (χ4n) is 5.28. The maximum atomic E-state index is 13.7. The number of pyridine rings is 1. The summed E-state index contributed by atoms with van der Waals surface area (Å²) in [6.07, 6.45) is 1.84. The lowest BCUT2D eigenvalue weighted by Gasteiger charge is -2.36. The van der Waals surface area contributed by atoms with Gasteiger partial charge in [-0.25, -0.2) is 18.2 Å². The highest BCUT2D eigenvalue weighted by atomic mass is 32.2. The Morgan fingerprint density at radius 2 is 1.78 bits per heavy atom. The van der Waals surface area contributed by atoms with Crippen LogP contribution in [0.4, 0.5) is 22.0 Å². The number of ether oxygens (including phenoxy) is 1. The SMILES string of the molecule is Cc1cnc(N2CCN(C(=O)c3ccc(N4CC(C)(C)OC4=O)cc3N3CCCS3(=O)=O)CC2)c(C)c1. The lowest BCUT2D eigenvalue weighted by molar-refractivity contribution is 0.0746. The predicted octanol–water partition coefficient (Wildman–Crippen LogP) is 2.94. The van der Waals surface area contributed by atoms with Crippen molar-refractivity contribution in [3.05, 3.63) is 47.2 Å². The number of carbonyl (C=O) groups is 2. The molecule has 3 aliphatic rings. The maximum absolute atomic E-state index is 13.7. The molecule has 198 valence electrons. The molecule has 0 aliphatic carbocycles. The number of hydrogen-bond donors (Lipinski definition) is 0. The van der Waals surface area contributed by atoms with Crippen LogP contribution in [-0.2, 0) is 14.8 Å². The van der Waals surface area contributed by atoms with Gasteiger partial charge in [0.15, 0.2) is 0 Å². The summed E-state index contributed by atoms with van der Waals surface area (Å²) >= 11 is 0. The molecule has 3 saturated heterocycles. The zero-order valence-electron chi connectivity index (χ0n) is 21.7. The van der Waals surface area contributed by atoms with Gasteiger partial charge >= 0.3 is 6.09 Å². The molecule has 0 atom stereocenters. The number of aromatic nitrogens is 1. The van der Waals surface area contributed by atoms with Gasteiger partial charge < -0.3 is 14.5 Å². The monoisotopic (exact) mass is 527 g/mol. The van der Waals surface area contributed by atoms with Crippen LogP contribution in [0.3, 0.4) is 0 Å². The Balaban J connectivity index is 1.42. The molecule has 0 unspecified atom stereocenters. The van der Waals surface area contributed by atoms with E-state index in [2.05, 4.69) is 16.0 Å². The molecule has 0 N–H and O–H groups in total. The van der Waals surface area contributed by atoms with Gasteiger partial charge in [0, 0.05) is 44.6 Å². The number of sulfonamides is 1. The molecule has 1 aromatic heterocycles. The van der Waals surface area contributed by atoms with Crippen molar-refractivity contribution >= 4 is 39.2 Å². The summed E-state index contributed by atoms with van der Waals surface area (Å²) in [5.41, 5.74) is 2.69. The van der Waals surface area contributed by atoms with E-state index >= 15 is 0 Å². The molecule has 4 heterocycles. The molecule has 37 heavy (non-hydrogen) atoms. The molecule has 0 spiro atoms. The highest BCUT2D eigenvalue weighted by molar-refractivity contribution is 7.93. The average Bonchev–Trinajstić information content (AvgIpc) is 3.34. The molecular formula is C26H33N5O5S. The van der Waals surface area contributed by atoms with Crippen LogP contribution in [0.2, 0.25) is 0 Å². The smallest absolute Gasteiger partial charge is 0.415 e. The molecule has 0 bridgehead atoms. The van der Waals surface area contributed by atoms with Crippen LogP contribution in [0.1, 0.15) is 41.8 Å². The molecule has 0 radical (unpaired) electrons. The van der Waals surface area contributed by atoms with Crippen molar-refractivity contribution in [2.45, 2.75) is 39.7 Å². The van der Waals surface area contributed by atoms with Gasteiger partial charge in [-0.05, 0) is 63.4 Å². The van der Waals surface area contributed by atoms with Gasteiger partial charge in [0.1, 0.15) is 11.4 Å². The number of rotatable bonds is 4. The molecule has 11 heteroatoms. The lowest BCUT2D eigenvalue weighted by atomic mass is 10.1. The van der Waals surface area contributed by atoms with Crippen molar-refractivity contribution < 1.29 is 22.7 Å². The number of aryl methyl sites for hydroxylation is 2. The number of carbonyl (C=O) groups excluding carboxylic acids is 2. The zero-order valence-corrected chi connectivity index (χ0v) is 22.5. The number of cyclic esters (lactones) is 1. The largest absolute Gasteiger partial charge is 0.441 e. The summed E-state index contributed by atoms with van der Waals surface area (Å²) in [6, 6.07) is 7.06. The summed E-state index contributed by atoms with van der Waals surface area (Å²) in [7, 11) is -3.55. The van der Waals surface area contributed by atoms with Gasteiger partial charge in [-0.15, -0.1) is 0 Å². The maximum Gasteiger partial charge on any atom is 0.415 e. The van der Waals surface area contributed by atoms with E-state index in [1.165, 1.54) is 9.21 Å². The normalized spacial score (nSPS) is 20.9. The summed E-state index contributed by atoms with van der Waals surface area (Å²) in [5, 5.41) is 0. The topological polar surface area (TPSA) is 103 Å². The highest BCUT2D eigenvalue weighted by Crippen LogP contribution is 2.35. The number of amides is 2. The summed E-state index contributed by atoms with van der Waals surface area (Å²) in [6.45, 7) is 10.6. The minimum absolute atomic E-state index is 0.0330. The molecule has 3 fully saturated rings. The number of nitrogens with zero attached hydrogens (tertiary/aromatic N) is 5. The van der Waals surface area contributed by atoms with Crippen LogP contribution >= 0.6 is 0 Å². The van der Waals surface area contributed by atoms with Crippen molar-refractivity contribution in [1.29, 1.82) is 0 Å². The number of hydrogen-bond acceptors (Lipinski definition) is 7. The lowest BCUT2D eigenvalue weighted by Crippen LogP contribution is -2.49. The Morgan fingerprint density at radius 3 is 2.38 bits per heavy atom. The van der Waals surface area contributed by atoms with Gasteiger partial charge in [0.2, 0.25) is 10.0 Å². The van der Waals surface area contributed by atoms with E-state index in [0.717, 1.165) is 16.9 Å². The zero-order chi connectivity index (χ0) is 26.5. The van der Waals surface area contributed by atoms with Gasteiger partial charge in [-0.2, -0.15) is 0 Å². The molecule has 10 nitrogen and oxygen atoms in total. The fourth-order valence-corrected chi connectivity index (χ4v) is 6.85. The third-order valence-electron chi connectivity index (χ3n) is 7.07. The Bertz CT molecular complexity index is 1350. The first-order valence-corrected chi connectivity index (χ1v) is 14.2. The third-order valence-corrected chi connectivity index (χ3v) is 8.92. The first-order chi connectivity index (χ1) is 17.4. The fraction of sp³-hybridized carbons (Fsp3) is 0.500. The quantitative estimate of drug-likeness (QED) is 0.602. The molecule has 0 saturated carbocycles. The van der Waals surface area contributed by atoms with Gasteiger partial charge in [-0.3, -0.25) is 14.0 Å². The van der Waals surface area contributed by atoms with Crippen LogP contribution in [0.25, 0.3) is 0 Å². The molecule has 1 aromatic carbocycles. The molecular weight excluding hydrogens is 494 g/mol. The van der Waals surface area contributed by atoms with Crippen molar-refractivity contribution in [2.24, 2.45) is 0 Å². The summed E-state index contributed by atoms with van der Waals surface area (Å²) in [4.78, 5) is 36.2. The van der Waals surface area contributed by atoms with E-state index < -0.39 is 21.7 Å². The minimum atomic E-state index is -3.55. The van der Waals surface area contributed by atoms with E-state index in [4.69, 9.17) is 4.74 Å². The number of benzene rings is 1. The van der Waals surface area contributed by atoms with Crippen molar-refractivity contribution in [3.8, 4) is 0 Å². The van der Waals surface area contributed by atoms with Crippen molar-refractivity contribution in [1.82, 2.24) is 9.88 Å². The predicted molar refractivity (Wildman–Crippen MR) is 142 cm³/mol. The Morgan fingerprint density at radius 1 is 1.05 bits per heavy atom. The standard InChI is InChI=1S/C26H33N5O5S/c1-18-14-19(2)23(27-16-18)28-9-11-29(12-10-28)24(32)21-7-6-20(30-17-26(3,4)36-25(30)33)15-22(21)31-8-5-13-37(31,34)35/h6-7,14-16H,5,8-13,17H2,1-4H3. The van der Waals surface area contributed by atoms with Crippen molar-refractivity contribution in [3.63, 3.8) is 0 Å². The highest BCUT2D eigenvalue weighted by Gasteiger charge is 2.40. The van der Waals surface area contributed by atoms with Crippen LogP contribution in [0.15, 0.2) is 30.5 Å². The van der Waals surface area contributed by atoms with E-state index in [9.17, 15) is 18.0 Å². The summed E-state index contributed by atoms with van der Waals surface area (Å²) < 4.78 is 32.4. The summed E-state index contributed by atoms with van der Waals surface area (Å²) in [5.74, 6) is 0.734. The van der Waals surface area contributed by atoms with E-state index in [-0.39, 0.29) is 11.7 Å². The van der Waals surface area contributed by atoms with Gasteiger partial charge in [0.05, 0.1) is 23.5 Å². The molecule has 3 aliphatic heterocycles. The second-order valence-corrected chi connectivity index (χ2v) is 12.6. The Hall–Kier alpha value is -3.34. The minimum Gasteiger partial charge on any atom is -0.441 e.